The molecule has 4 rings (SSSR count). The molecule has 8 nitrogen and oxygen atoms in total. The second kappa shape index (κ2) is 7.67. The number of hydrogen-bond donors (Lipinski definition) is 1. The Bertz CT molecular complexity index is 1130. The van der Waals surface area contributed by atoms with Gasteiger partial charge in [0.2, 0.25) is 11.8 Å². The number of nitrogens with one attached hydrogen (secondary N) is 1. The smallest absolute Gasteiger partial charge is 0.295 e. The number of aromatic nitrogens is 3. The molecule has 29 heavy (non-hydrogen) atoms. The van der Waals surface area contributed by atoms with E-state index in [2.05, 4.69) is 10.3 Å². The fourth-order valence-electron chi connectivity index (χ4n) is 3.41. The van der Waals surface area contributed by atoms with Crippen LogP contribution >= 0.6 is 11.3 Å². The topological polar surface area (TPSA) is 89.2 Å². The van der Waals surface area contributed by atoms with Gasteiger partial charge < -0.3 is 5.32 Å². The summed E-state index contributed by atoms with van der Waals surface area (Å²) >= 11 is 1.35. The van der Waals surface area contributed by atoms with E-state index in [4.69, 9.17) is 0 Å². The Morgan fingerprint density at radius 1 is 1.24 bits per heavy atom. The molecule has 1 saturated heterocycles. The monoisotopic (exact) mass is 411 g/mol. The standard InChI is InChI=1S/C20H21N5O3S/c1-13-18(19(28)25(23(13)2)15-7-4-3-5-8-15)22-16(26)11-14-12-29-20(21-14)24-10-6-9-17(24)27/h3-5,7-8,12H,6,9-11H2,1-2H3,(H,22,26). The number of thiazole rings is 1. The molecule has 0 bridgehead atoms. The lowest BCUT2D eigenvalue weighted by molar-refractivity contribution is -0.117. The molecule has 2 aromatic heterocycles. The van der Waals surface area contributed by atoms with Crippen LogP contribution in [0.1, 0.15) is 24.2 Å². The summed E-state index contributed by atoms with van der Waals surface area (Å²) in [4.78, 5) is 43.4. The summed E-state index contributed by atoms with van der Waals surface area (Å²) in [6.45, 7) is 2.45. The number of benzene rings is 1. The van der Waals surface area contributed by atoms with E-state index in [1.165, 1.54) is 16.0 Å². The van der Waals surface area contributed by atoms with E-state index in [0.29, 0.717) is 29.5 Å². The van der Waals surface area contributed by atoms with E-state index in [-0.39, 0.29) is 29.5 Å². The third kappa shape index (κ3) is 3.61. The molecule has 9 heteroatoms. The highest BCUT2D eigenvalue weighted by Gasteiger charge is 2.25. The molecule has 1 fully saturated rings. The van der Waals surface area contributed by atoms with E-state index in [9.17, 15) is 14.4 Å². The van der Waals surface area contributed by atoms with Gasteiger partial charge in [-0.25, -0.2) is 9.67 Å². The van der Waals surface area contributed by atoms with Gasteiger partial charge in [0.25, 0.3) is 5.56 Å². The van der Waals surface area contributed by atoms with Crippen molar-refractivity contribution in [2.45, 2.75) is 26.2 Å². The first-order valence-electron chi connectivity index (χ1n) is 9.34. The summed E-state index contributed by atoms with van der Waals surface area (Å²) in [7, 11) is 1.78. The van der Waals surface area contributed by atoms with Gasteiger partial charge in [0.05, 0.1) is 23.5 Å². The third-order valence-electron chi connectivity index (χ3n) is 5.00. The fourth-order valence-corrected chi connectivity index (χ4v) is 4.28. The lowest BCUT2D eigenvalue weighted by atomic mass is 10.3. The van der Waals surface area contributed by atoms with Crippen molar-refractivity contribution >= 4 is 34.0 Å². The Labute approximate surface area is 171 Å². The summed E-state index contributed by atoms with van der Waals surface area (Å²) in [5.41, 5.74) is 1.94. The van der Waals surface area contributed by atoms with Crippen LogP contribution in [-0.2, 0) is 23.1 Å². The van der Waals surface area contributed by atoms with Gasteiger partial charge in [-0.05, 0) is 25.5 Å². The predicted molar refractivity (Wildman–Crippen MR) is 112 cm³/mol. The molecule has 0 atom stereocenters. The first-order valence-corrected chi connectivity index (χ1v) is 10.2. The number of carbonyl (C=O) groups excluding carboxylic acids is 2. The van der Waals surface area contributed by atoms with E-state index in [1.807, 2.05) is 30.3 Å². The van der Waals surface area contributed by atoms with Crippen LogP contribution in [0.3, 0.4) is 0 Å². The molecule has 1 aliphatic heterocycles. The minimum Gasteiger partial charge on any atom is -0.320 e. The zero-order chi connectivity index (χ0) is 20.5. The Morgan fingerprint density at radius 2 is 2.00 bits per heavy atom. The van der Waals surface area contributed by atoms with Crippen molar-refractivity contribution in [3.63, 3.8) is 0 Å². The van der Waals surface area contributed by atoms with Crippen LogP contribution in [-0.4, -0.2) is 32.7 Å². The number of rotatable bonds is 5. The predicted octanol–water partition coefficient (Wildman–Crippen LogP) is 2.25. The maximum Gasteiger partial charge on any atom is 0.295 e. The normalized spacial score (nSPS) is 13.9. The van der Waals surface area contributed by atoms with Crippen LogP contribution in [0.25, 0.3) is 5.69 Å². The average Bonchev–Trinajstić information content (AvgIpc) is 3.39. The van der Waals surface area contributed by atoms with Crippen LogP contribution in [0, 0.1) is 6.92 Å². The number of amides is 2. The number of para-hydroxylation sites is 1. The van der Waals surface area contributed by atoms with Gasteiger partial charge in [-0.1, -0.05) is 18.2 Å². The molecule has 3 aromatic rings. The fraction of sp³-hybridized carbons (Fsp3) is 0.300. The van der Waals surface area contributed by atoms with Crippen molar-refractivity contribution in [2.75, 3.05) is 16.8 Å². The van der Waals surface area contributed by atoms with Crippen molar-refractivity contribution in [1.29, 1.82) is 0 Å². The highest BCUT2D eigenvalue weighted by atomic mass is 32.1. The first-order chi connectivity index (χ1) is 14.0. The molecule has 1 aromatic carbocycles. The molecular weight excluding hydrogens is 390 g/mol. The summed E-state index contributed by atoms with van der Waals surface area (Å²) in [6, 6.07) is 9.26. The number of hydrogen-bond acceptors (Lipinski definition) is 5. The quantitative estimate of drug-likeness (QED) is 0.697. The molecule has 3 heterocycles. The lowest BCUT2D eigenvalue weighted by Gasteiger charge is -2.10. The molecule has 0 radical (unpaired) electrons. The van der Waals surface area contributed by atoms with E-state index in [0.717, 1.165) is 12.1 Å². The Hall–Kier alpha value is -3.20. The maximum atomic E-state index is 12.9. The van der Waals surface area contributed by atoms with Gasteiger partial charge in [-0.3, -0.25) is 24.0 Å². The summed E-state index contributed by atoms with van der Waals surface area (Å²) in [5, 5.41) is 5.14. The molecule has 0 spiro atoms. The molecule has 2 amide bonds. The molecule has 0 unspecified atom stereocenters. The van der Waals surface area contributed by atoms with Gasteiger partial charge in [-0.2, -0.15) is 0 Å². The van der Waals surface area contributed by atoms with Crippen molar-refractivity contribution < 1.29 is 9.59 Å². The molecule has 1 aliphatic rings. The van der Waals surface area contributed by atoms with Crippen LogP contribution in [0.15, 0.2) is 40.5 Å². The Balaban J connectivity index is 1.52. The SMILES string of the molecule is Cc1c(NC(=O)Cc2csc(N3CCCC3=O)n2)c(=O)n(-c2ccccc2)n1C. The molecule has 0 saturated carbocycles. The van der Waals surface area contributed by atoms with Gasteiger partial charge in [-0.15, -0.1) is 11.3 Å². The maximum absolute atomic E-state index is 12.9. The minimum absolute atomic E-state index is 0.0393. The van der Waals surface area contributed by atoms with E-state index in [1.54, 1.807) is 28.9 Å². The number of anilines is 2. The van der Waals surface area contributed by atoms with E-state index < -0.39 is 0 Å². The Kier molecular flexibility index (Phi) is 5.06. The molecule has 150 valence electrons. The van der Waals surface area contributed by atoms with Crippen LogP contribution in [0.5, 0.6) is 0 Å². The lowest BCUT2D eigenvalue weighted by Crippen LogP contribution is -2.24. The first kappa shape index (κ1) is 19.1. The largest absolute Gasteiger partial charge is 0.320 e. The third-order valence-corrected chi connectivity index (χ3v) is 5.92. The summed E-state index contributed by atoms with van der Waals surface area (Å²) in [6.07, 6.45) is 1.41. The van der Waals surface area contributed by atoms with Crippen molar-refractivity contribution in [3.05, 3.63) is 57.5 Å². The van der Waals surface area contributed by atoms with Crippen molar-refractivity contribution in [2.24, 2.45) is 7.05 Å². The minimum atomic E-state index is -0.319. The average molecular weight is 411 g/mol. The van der Waals surface area contributed by atoms with Crippen LogP contribution in [0.2, 0.25) is 0 Å². The second-order valence-electron chi connectivity index (χ2n) is 6.93. The van der Waals surface area contributed by atoms with Gasteiger partial charge >= 0.3 is 0 Å². The Morgan fingerprint density at radius 3 is 2.69 bits per heavy atom. The van der Waals surface area contributed by atoms with Gasteiger partial charge in [0.15, 0.2) is 5.13 Å². The summed E-state index contributed by atoms with van der Waals surface area (Å²) < 4.78 is 3.23. The molecule has 0 aliphatic carbocycles. The van der Waals surface area contributed by atoms with E-state index >= 15 is 0 Å². The highest BCUT2D eigenvalue weighted by Crippen LogP contribution is 2.25. The highest BCUT2D eigenvalue weighted by molar-refractivity contribution is 7.14. The number of carbonyl (C=O) groups is 2. The van der Waals surface area contributed by atoms with Crippen molar-refractivity contribution in [1.82, 2.24) is 14.3 Å². The van der Waals surface area contributed by atoms with Crippen LogP contribution in [0.4, 0.5) is 10.8 Å². The second-order valence-corrected chi connectivity index (χ2v) is 7.77. The zero-order valence-corrected chi connectivity index (χ0v) is 17.0. The van der Waals surface area contributed by atoms with Gasteiger partial charge in [0.1, 0.15) is 5.69 Å². The van der Waals surface area contributed by atoms with Crippen molar-refractivity contribution in [3.8, 4) is 5.69 Å². The molecule has 1 N–H and O–H groups in total. The zero-order valence-electron chi connectivity index (χ0n) is 16.2. The molecular formula is C20H21N5O3S. The van der Waals surface area contributed by atoms with Crippen LogP contribution < -0.4 is 15.8 Å². The summed E-state index contributed by atoms with van der Waals surface area (Å²) in [5.74, 6) is -0.252. The number of nitrogens with zero attached hydrogens (tertiary/aromatic N) is 4. The van der Waals surface area contributed by atoms with Gasteiger partial charge in [0, 0.05) is 25.4 Å².